The second-order valence-corrected chi connectivity index (χ2v) is 7.13. The van der Waals surface area contributed by atoms with E-state index in [1.165, 1.54) is 18.4 Å². The van der Waals surface area contributed by atoms with Crippen molar-refractivity contribution in [2.75, 3.05) is 31.7 Å². The zero-order valence-electron chi connectivity index (χ0n) is 12.9. The third-order valence-corrected chi connectivity index (χ3v) is 5.53. The molecule has 1 amide bonds. The van der Waals surface area contributed by atoms with Gasteiger partial charge in [0.2, 0.25) is 0 Å². The Morgan fingerprint density at radius 3 is 3.04 bits per heavy atom. The molecule has 0 fully saturated rings. The molecule has 24 heavy (non-hydrogen) atoms. The van der Waals surface area contributed by atoms with Crippen molar-refractivity contribution in [3.8, 4) is 10.4 Å². The zero-order valence-corrected chi connectivity index (χ0v) is 13.8. The van der Waals surface area contributed by atoms with Crippen molar-refractivity contribution in [2.24, 2.45) is 0 Å². The van der Waals surface area contributed by atoms with Crippen LogP contribution < -0.4 is 10.2 Å². The van der Waals surface area contributed by atoms with Gasteiger partial charge in [-0.3, -0.25) is 9.89 Å². The van der Waals surface area contributed by atoms with Crippen LogP contribution in [0.3, 0.4) is 0 Å². The van der Waals surface area contributed by atoms with Crippen LogP contribution in [-0.2, 0) is 11.2 Å². The van der Waals surface area contributed by atoms with Crippen LogP contribution >= 0.6 is 11.3 Å². The fourth-order valence-electron chi connectivity index (χ4n) is 3.40. The number of halogens is 2. The number of amides is 1. The molecule has 0 aliphatic carbocycles. The lowest BCUT2D eigenvalue weighted by Gasteiger charge is -2.35. The van der Waals surface area contributed by atoms with Gasteiger partial charge < -0.3 is 15.0 Å². The van der Waals surface area contributed by atoms with E-state index in [1.54, 1.807) is 17.3 Å². The van der Waals surface area contributed by atoms with Crippen molar-refractivity contribution >= 4 is 22.9 Å². The molecule has 128 valence electrons. The number of aromatic nitrogens is 2. The first kappa shape index (κ1) is 15.5. The Hall–Kier alpha value is -2.00. The Balaban J connectivity index is 1.85. The summed E-state index contributed by atoms with van der Waals surface area (Å²) in [5, 5.41) is 9.46. The van der Waals surface area contributed by atoms with Gasteiger partial charge in [-0.2, -0.15) is 5.10 Å². The van der Waals surface area contributed by atoms with Crippen LogP contribution in [0, 0.1) is 0 Å². The number of alkyl halides is 2. The molecule has 2 aromatic heterocycles. The molecule has 2 aliphatic rings. The minimum Gasteiger partial charge on any atom is -0.382 e. The highest BCUT2D eigenvalue weighted by Crippen LogP contribution is 2.48. The molecule has 0 radical (unpaired) electrons. The second-order valence-electron chi connectivity index (χ2n) is 6.11. The summed E-state index contributed by atoms with van der Waals surface area (Å²) in [5.74, 6) is -3.07. The normalized spacial score (nSPS) is 22.0. The lowest BCUT2D eigenvalue weighted by Crippen LogP contribution is -2.49. The number of nitrogens with zero attached hydrogens (tertiary/aromatic N) is 2. The summed E-state index contributed by atoms with van der Waals surface area (Å²) in [6, 6.07) is -0.318. The summed E-state index contributed by atoms with van der Waals surface area (Å²) in [7, 11) is 1.53. The molecule has 1 unspecified atom stereocenters. The molecule has 2 aliphatic heterocycles. The lowest BCUT2D eigenvalue weighted by molar-refractivity contribution is 0.00507. The van der Waals surface area contributed by atoms with E-state index >= 15 is 0 Å². The van der Waals surface area contributed by atoms with Crippen molar-refractivity contribution < 1.29 is 18.3 Å². The van der Waals surface area contributed by atoms with E-state index in [1.807, 2.05) is 0 Å². The van der Waals surface area contributed by atoms with E-state index in [-0.39, 0.29) is 31.5 Å². The van der Waals surface area contributed by atoms with Crippen LogP contribution in [0.15, 0.2) is 12.4 Å². The van der Waals surface area contributed by atoms with Gasteiger partial charge in [-0.1, -0.05) is 0 Å². The first-order valence-electron chi connectivity index (χ1n) is 7.56. The predicted octanol–water partition coefficient (Wildman–Crippen LogP) is 1.89. The van der Waals surface area contributed by atoms with Gasteiger partial charge >= 0.3 is 0 Å². The van der Waals surface area contributed by atoms with E-state index in [0.29, 0.717) is 27.5 Å². The minimum absolute atomic E-state index is 0.235. The summed E-state index contributed by atoms with van der Waals surface area (Å²) in [4.78, 5) is 15.4. The zero-order chi connectivity index (χ0) is 16.9. The van der Waals surface area contributed by atoms with Crippen molar-refractivity contribution in [1.82, 2.24) is 15.5 Å². The molecule has 9 heteroatoms. The number of aromatic amines is 1. The van der Waals surface area contributed by atoms with Crippen molar-refractivity contribution in [2.45, 2.75) is 18.4 Å². The summed E-state index contributed by atoms with van der Waals surface area (Å²) in [6.45, 7) is 0.202. The molecule has 4 rings (SSSR count). The van der Waals surface area contributed by atoms with E-state index in [0.717, 1.165) is 5.56 Å². The quantitative estimate of drug-likeness (QED) is 0.883. The smallest absolute Gasteiger partial charge is 0.269 e. The molecule has 1 atom stereocenters. The number of hydrogen-bond donors (Lipinski definition) is 2. The van der Waals surface area contributed by atoms with Crippen molar-refractivity contribution in [3.63, 3.8) is 0 Å². The maximum atomic E-state index is 14.3. The van der Waals surface area contributed by atoms with E-state index in [2.05, 4.69) is 15.5 Å². The van der Waals surface area contributed by atoms with Gasteiger partial charge in [-0.25, -0.2) is 8.78 Å². The molecule has 0 saturated carbocycles. The third kappa shape index (κ3) is 2.48. The molecule has 2 aromatic rings. The van der Waals surface area contributed by atoms with Crippen LogP contribution in [0.2, 0.25) is 0 Å². The van der Waals surface area contributed by atoms with Gasteiger partial charge in [0.1, 0.15) is 4.88 Å². The highest BCUT2D eigenvalue weighted by Gasteiger charge is 2.44. The maximum Gasteiger partial charge on any atom is 0.269 e. The fraction of sp³-hybridized carbons (Fsp3) is 0.467. The standard InChI is InChI=1S/C15H16F2N4O2S/c1-23-6-9-5-21-7-15(16,17)2-10-11(21)13(14(22)20-9)24-12(10)8-3-18-19-4-8/h3-4,9H,2,5-7H2,1H3,(H,18,19)(H,20,22). The summed E-state index contributed by atoms with van der Waals surface area (Å²) < 4.78 is 33.7. The van der Waals surface area contributed by atoms with Gasteiger partial charge in [0, 0.05) is 42.3 Å². The van der Waals surface area contributed by atoms with E-state index in [9.17, 15) is 13.6 Å². The van der Waals surface area contributed by atoms with Gasteiger partial charge in [0.05, 0.1) is 31.1 Å². The van der Waals surface area contributed by atoms with Gasteiger partial charge in [0.25, 0.3) is 11.8 Å². The third-order valence-electron chi connectivity index (χ3n) is 4.26. The molecule has 6 nitrogen and oxygen atoms in total. The Morgan fingerprint density at radius 1 is 1.50 bits per heavy atom. The van der Waals surface area contributed by atoms with Crippen LogP contribution in [0.1, 0.15) is 15.2 Å². The summed E-state index contributed by atoms with van der Waals surface area (Å²) in [6.07, 6.45) is 2.88. The Kier molecular flexibility index (Phi) is 3.57. The second kappa shape index (κ2) is 5.52. The summed E-state index contributed by atoms with van der Waals surface area (Å²) >= 11 is 1.24. The number of anilines is 1. The first-order chi connectivity index (χ1) is 11.5. The first-order valence-corrected chi connectivity index (χ1v) is 8.37. The number of H-pyrrole nitrogens is 1. The monoisotopic (exact) mass is 354 g/mol. The SMILES string of the molecule is COCC1CN2CC(F)(F)Cc3c(-c4cn[nH]c4)sc(c32)C(=O)N1. The van der Waals surface area contributed by atoms with Gasteiger partial charge in [-0.05, 0) is 0 Å². The lowest BCUT2D eigenvalue weighted by atomic mass is 9.97. The molecule has 0 spiro atoms. The number of carbonyl (C=O) groups is 1. The van der Waals surface area contributed by atoms with Crippen LogP contribution in [0.25, 0.3) is 10.4 Å². The molecular formula is C15H16F2N4O2S. The summed E-state index contributed by atoms with van der Waals surface area (Å²) in [5.41, 5.74) is 1.89. The predicted molar refractivity (Wildman–Crippen MR) is 85.9 cm³/mol. The number of carbonyl (C=O) groups excluding carboxylic acids is 1. The number of hydrogen-bond acceptors (Lipinski definition) is 5. The molecule has 2 N–H and O–H groups in total. The van der Waals surface area contributed by atoms with Crippen LogP contribution in [0.4, 0.5) is 14.5 Å². The van der Waals surface area contributed by atoms with E-state index < -0.39 is 5.92 Å². The van der Waals surface area contributed by atoms with Crippen LogP contribution in [0.5, 0.6) is 0 Å². The Labute approximate surface area is 140 Å². The highest BCUT2D eigenvalue weighted by molar-refractivity contribution is 7.18. The number of ether oxygens (including phenoxy) is 1. The molecule has 0 bridgehead atoms. The number of rotatable bonds is 3. The van der Waals surface area contributed by atoms with Crippen molar-refractivity contribution in [3.05, 3.63) is 22.8 Å². The van der Waals surface area contributed by atoms with E-state index in [4.69, 9.17) is 4.74 Å². The molecular weight excluding hydrogens is 338 g/mol. The highest BCUT2D eigenvalue weighted by atomic mass is 32.1. The molecule has 0 saturated heterocycles. The largest absolute Gasteiger partial charge is 0.382 e. The number of methoxy groups -OCH3 is 1. The average molecular weight is 354 g/mol. The number of thiophene rings is 1. The van der Waals surface area contributed by atoms with Gasteiger partial charge in [0.15, 0.2) is 0 Å². The van der Waals surface area contributed by atoms with Crippen molar-refractivity contribution in [1.29, 1.82) is 0 Å². The topological polar surface area (TPSA) is 70.2 Å². The Bertz CT molecular complexity index is 775. The Morgan fingerprint density at radius 2 is 2.33 bits per heavy atom. The maximum absolute atomic E-state index is 14.3. The van der Waals surface area contributed by atoms with Crippen LogP contribution in [-0.4, -0.2) is 54.9 Å². The van der Waals surface area contributed by atoms with Gasteiger partial charge in [-0.15, -0.1) is 11.3 Å². The molecule has 0 aromatic carbocycles. The number of nitrogens with one attached hydrogen (secondary N) is 2. The minimum atomic E-state index is -2.84. The fourth-order valence-corrected chi connectivity index (χ4v) is 4.63. The average Bonchev–Trinajstić information content (AvgIpc) is 3.10. The molecule has 4 heterocycles.